The highest BCUT2D eigenvalue weighted by Crippen LogP contribution is 2.29. The highest BCUT2D eigenvalue weighted by Gasteiger charge is 2.25. The normalized spacial score (nSPS) is 15.7. The van der Waals surface area contributed by atoms with Gasteiger partial charge in [-0.25, -0.2) is 4.98 Å². The van der Waals surface area contributed by atoms with Gasteiger partial charge in [-0.15, -0.1) is 0 Å². The van der Waals surface area contributed by atoms with E-state index < -0.39 is 0 Å². The first-order valence-corrected chi connectivity index (χ1v) is 6.27. The maximum Gasteiger partial charge on any atom is 0.129 e. The molecule has 2 N–H and O–H groups in total. The fourth-order valence-corrected chi connectivity index (χ4v) is 2.20. The minimum Gasteiger partial charge on any atom is -0.395 e. The van der Waals surface area contributed by atoms with Gasteiger partial charge < -0.3 is 15.1 Å². The Morgan fingerprint density at radius 2 is 2.18 bits per heavy atom. The average molecular weight is 257 g/mol. The summed E-state index contributed by atoms with van der Waals surface area (Å²) in [7, 11) is 0. The number of rotatable bonds is 5. The molecule has 1 aromatic heterocycles. The molecule has 0 spiro atoms. The van der Waals surface area contributed by atoms with Gasteiger partial charge in [0.05, 0.1) is 18.2 Å². The van der Waals surface area contributed by atoms with E-state index in [2.05, 4.69) is 9.88 Å². The van der Waals surface area contributed by atoms with Crippen LogP contribution in [-0.2, 0) is 6.61 Å². The minimum absolute atomic E-state index is 0.0913. The van der Waals surface area contributed by atoms with Crippen LogP contribution >= 0.6 is 11.6 Å². The summed E-state index contributed by atoms with van der Waals surface area (Å²) < 4.78 is 0. The second kappa shape index (κ2) is 5.67. The zero-order valence-corrected chi connectivity index (χ0v) is 10.4. The molecule has 4 nitrogen and oxygen atoms in total. The van der Waals surface area contributed by atoms with Crippen molar-refractivity contribution in [3.05, 3.63) is 22.8 Å². The van der Waals surface area contributed by atoms with Gasteiger partial charge in [0.15, 0.2) is 0 Å². The van der Waals surface area contributed by atoms with Gasteiger partial charge in [0.1, 0.15) is 5.82 Å². The van der Waals surface area contributed by atoms with Crippen LogP contribution in [0, 0.1) is 0 Å². The molecule has 1 aliphatic carbocycles. The van der Waals surface area contributed by atoms with Gasteiger partial charge in [-0.1, -0.05) is 11.6 Å². The maximum absolute atomic E-state index is 9.18. The van der Waals surface area contributed by atoms with Crippen LogP contribution in [0.5, 0.6) is 0 Å². The van der Waals surface area contributed by atoms with Crippen molar-refractivity contribution in [2.45, 2.75) is 31.9 Å². The number of aliphatic hydroxyl groups is 2. The van der Waals surface area contributed by atoms with Gasteiger partial charge in [0.2, 0.25) is 0 Å². The van der Waals surface area contributed by atoms with Crippen LogP contribution in [-0.4, -0.2) is 34.4 Å². The molecule has 0 aliphatic heterocycles. The Balaban J connectivity index is 2.22. The van der Waals surface area contributed by atoms with Crippen LogP contribution in [0.1, 0.15) is 24.8 Å². The Morgan fingerprint density at radius 3 is 2.71 bits per heavy atom. The van der Waals surface area contributed by atoms with Crippen molar-refractivity contribution >= 4 is 17.4 Å². The molecule has 1 aliphatic rings. The number of aliphatic hydroxyl groups excluding tert-OH is 2. The molecule has 17 heavy (non-hydrogen) atoms. The fraction of sp³-hybridized carbons (Fsp3) is 0.583. The summed E-state index contributed by atoms with van der Waals surface area (Å²) in [6, 6.07) is 2.26. The molecule has 0 unspecified atom stereocenters. The summed E-state index contributed by atoms with van der Waals surface area (Å²) in [6.45, 7) is 0.589. The molecule has 1 saturated carbocycles. The first-order chi connectivity index (χ1) is 8.26. The van der Waals surface area contributed by atoms with Gasteiger partial charge in [0, 0.05) is 24.3 Å². The largest absolute Gasteiger partial charge is 0.395 e. The smallest absolute Gasteiger partial charge is 0.129 e. The molecular weight excluding hydrogens is 240 g/mol. The van der Waals surface area contributed by atoms with E-state index >= 15 is 0 Å². The molecule has 94 valence electrons. The number of hydrogen-bond acceptors (Lipinski definition) is 4. The predicted molar refractivity (Wildman–Crippen MR) is 67.2 cm³/mol. The Hall–Kier alpha value is -0.840. The number of anilines is 1. The highest BCUT2D eigenvalue weighted by atomic mass is 35.5. The lowest BCUT2D eigenvalue weighted by Crippen LogP contribution is -2.42. The topological polar surface area (TPSA) is 56.6 Å². The summed E-state index contributed by atoms with van der Waals surface area (Å²) in [6.07, 6.45) is 5.07. The molecule has 0 amide bonds. The zero-order valence-electron chi connectivity index (χ0n) is 9.64. The van der Waals surface area contributed by atoms with Crippen LogP contribution < -0.4 is 4.90 Å². The van der Waals surface area contributed by atoms with Crippen molar-refractivity contribution in [1.29, 1.82) is 0 Å². The van der Waals surface area contributed by atoms with Crippen LogP contribution in [0.4, 0.5) is 5.82 Å². The summed E-state index contributed by atoms with van der Waals surface area (Å²) in [5, 5.41) is 18.8. The summed E-state index contributed by atoms with van der Waals surface area (Å²) >= 11 is 5.92. The minimum atomic E-state index is -0.0913. The number of aromatic nitrogens is 1. The van der Waals surface area contributed by atoms with Crippen LogP contribution in [0.15, 0.2) is 12.3 Å². The van der Waals surface area contributed by atoms with Crippen LogP contribution in [0.3, 0.4) is 0 Å². The Morgan fingerprint density at radius 1 is 1.41 bits per heavy atom. The van der Waals surface area contributed by atoms with Crippen molar-refractivity contribution in [2.75, 3.05) is 18.1 Å². The third-order valence-corrected chi connectivity index (χ3v) is 3.58. The second-order valence-electron chi connectivity index (χ2n) is 4.29. The first-order valence-electron chi connectivity index (χ1n) is 5.89. The molecule has 1 heterocycles. The number of pyridine rings is 1. The quantitative estimate of drug-likeness (QED) is 0.840. The zero-order chi connectivity index (χ0) is 12.3. The molecular formula is C12H17ClN2O2. The third-order valence-electron chi connectivity index (χ3n) is 3.24. The predicted octanol–water partition coefficient (Wildman–Crippen LogP) is 1.58. The van der Waals surface area contributed by atoms with E-state index in [1.165, 1.54) is 6.42 Å². The molecule has 0 aromatic carbocycles. The standard InChI is InChI=1S/C12H17ClN2O2/c13-11-7-14-12(6-9(11)8-17)15(4-5-16)10-2-1-3-10/h6-7,10,16-17H,1-5,8H2. The Kier molecular flexibility index (Phi) is 4.20. The van der Waals surface area contributed by atoms with Gasteiger partial charge in [-0.2, -0.15) is 0 Å². The van der Waals surface area contributed by atoms with Crippen LogP contribution in [0.25, 0.3) is 0 Å². The van der Waals surface area contributed by atoms with E-state index in [1.807, 2.05) is 0 Å². The molecule has 2 rings (SSSR count). The van der Waals surface area contributed by atoms with Gasteiger partial charge in [0.25, 0.3) is 0 Å². The maximum atomic E-state index is 9.18. The molecule has 0 bridgehead atoms. The Bertz CT molecular complexity index is 383. The van der Waals surface area contributed by atoms with Gasteiger partial charge >= 0.3 is 0 Å². The van der Waals surface area contributed by atoms with Crippen molar-refractivity contribution in [3.8, 4) is 0 Å². The lowest BCUT2D eigenvalue weighted by molar-refractivity contribution is 0.279. The summed E-state index contributed by atoms with van der Waals surface area (Å²) in [5.41, 5.74) is 0.680. The van der Waals surface area contributed by atoms with Gasteiger partial charge in [-0.3, -0.25) is 0 Å². The van der Waals surface area contributed by atoms with E-state index in [4.69, 9.17) is 16.7 Å². The van der Waals surface area contributed by atoms with E-state index in [1.54, 1.807) is 12.3 Å². The lowest BCUT2D eigenvalue weighted by Gasteiger charge is -2.38. The number of hydrogen-bond donors (Lipinski definition) is 2. The van der Waals surface area contributed by atoms with E-state index in [-0.39, 0.29) is 13.2 Å². The second-order valence-corrected chi connectivity index (χ2v) is 4.70. The molecule has 5 heteroatoms. The van der Waals surface area contributed by atoms with Crippen molar-refractivity contribution in [3.63, 3.8) is 0 Å². The van der Waals surface area contributed by atoms with E-state index in [0.717, 1.165) is 18.7 Å². The third kappa shape index (κ3) is 2.70. The summed E-state index contributed by atoms with van der Waals surface area (Å²) in [4.78, 5) is 6.38. The highest BCUT2D eigenvalue weighted by molar-refractivity contribution is 6.31. The molecule has 0 saturated heterocycles. The first kappa shape index (κ1) is 12.6. The molecule has 0 atom stereocenters. The summed E-state index contributed by atoms with van der Waals surface area (Å²) in [5.74, 6) is 0.789. The number of halogens is 1. The SMILES string of the molecule is OCCN(c1cc(CO)c(Cl)cn1)C1CCC1. The van der Waals surface area contributed by atoms with Crippen molar-refractivity contribution < 1.29 is 10.2 Å². The van der Waals surface area contributed by atoms with Gasteiger partial charge in [-0.05, 0) is 25.3 Å². The average Bonchev–Trinajstić information content (AvgIpc) is 2.27. The fourth-order valence-electron chi connectivity index (χ4n) is 2.04. The molecule has 1 fully saturated rings. The Labute approximate surface area is 106 Å². The van der Waals surface area contributed by atoms with E-state index in [0.29, 0.717) is 23.2 Å². The van der Waals surface area contributed by atoms with E-state index in [9.17, 15) is 5.11 Å². The van der Waals surface area contributed by atoms with Crippen LogP contribution in [0.2, 0.25) is 5.02 Å². The monoisotopic (exact) mass is 256 g/mol. The molecule has 1 aromatic rings. The van der Waals surface area contributed by atoms with Crippen molar-refractivity contribution in [1.82, 2.24) is 4.98 Å². The molecule has 0 radical (unpaired) electrons. The lowest BCUT2D eigenvalue weighted by atomic mass is 9.91. The van der Waals surface area contributed by atoms with Crippen molar-refractivity contribution in [2.24, 2.45) is 0 Å². The number of nitrogens with zero attached hydrogens (tertiary/aromatic N) is 2.